The molecule has 4 nitrogen and oxygen atoms in total. The molecule has 0 radical (unpaired) electrons. The van der Waals surface area contributed by atoms with Gasteiger partial charge in [0.25, 0.3) is 0 Å². The summed E-state index contributed by atoms with van der Waals surface area (Å²) < 4.78 is 13.9. The minimum atomic E-state index is -0.915. The summed E-state index contributed by atoms with van der Waals surface area (Å²) in [5.74, 6) is -2.00. The van der Waals surface area contributed by atoms with Crippen molar-refractivity contribution in [3.8, 4) is 0 Å². The third kappa shape index (κ3) is 3.71. The van der Waals surface area contributed by atoms with E-state index in [0.717, 1.165) is 12.8 Å². The highest BCUT2D eigenvalue weighted by Crippen LogP contribution is 2.49. The van der Waals surface area contributed by atoms with Crippen LogP contribution in [0.2, 0.25) is 0 Å². The predicted octanol–water partition coefficient (Wildman–Crippen LogP) is 3.98. The average Bonchev–Trinajstić information content (AvgIpc) is 3.37. The van der Waals surface area contributed by atoms with E-state index in [9.17, 15) is 14.0 Å². The summed E-state index contributed by atoms with van der Waals surface area (Å²) in [5.41, 5.74) is 1.17. The van der Waals surface area contributed by atoms with Gasteiger partial charge in [0.15, 0.2) is 0 Å². The topological polar surface area (TPSA) is 66.4 Å². The third-order valence-corrected chi connectivity index (χ3v) is 4.84. The number of anilines is 1. The number of carbonyl (C=O) groups excluding carboxylic acids is 1. The minimum Gasteiger partial charge on any atom is -0.481 e. The Morgan fingerprint density at radius 2 is 1.92 bits per heavy atom. The molecule has 0 aliphatic heterocycles. The van der Waals surface area contributed by atoms with E-state index in [1.165, 1.54) is 6.07 Å². The van der Waals surface area contributed by atoms with Crippen LogP contribution in [0.25, 0.3) is 0 Å². The van der Waals surface area contributed by atoms with E-state index in [0.29, 0.717) is 23.2 Å². The zero-order valence-corrected chi connectivity index (χ0v) is 14.0. The summed E-state index contributed by atoms with van der Waals surface area (Å²) in [6.07, 6.45) is 1.81. The van der Waals surface area contributed by atoms with Crippen LogP contribution in [0.4, 0.5) is 10.1 Å². The summed E-state index contributed by atoms with van der Waals surface area (Å²) in [4.78, 5) is 23.8. The van der Waals surface area contributed by atoms with Gasteiger partial charge in [-0.1, -0.05) is 30.3 Å². The Labute approximate surface area is 145 Å². The van der Waals surface area contributed by atoms with E-state index in [-0.39, 0.29) is 11.7 Å². The lowest BCUT2D eigenvalue weighted by Crippen LogP contribution is -2.26. The number of hydrogen-bond donors (Lipinski definition) is 2. The molecule has 2 aromatic carbocycles. The van der Waals surface area contributed by atoms with Crippen LogP contribution in [0.15, 0.2) is 48.5 Å². The second kappa shape index (κ2) is 6.67. The second-order valence-electron chi connectivity index (χ2n) is 6.69. The predicted molar refractivity (Wildman–Crippen MR) is 92.9 cm³/mol. The highest BCUT2D eigenvalue weighted by molar-refractivity contribution is 5.97. The molecule has 2 N–H and O–H groups in total. The van der Waals surface area contributed by atoms with Crippen LogP contribution in [0.1, 0.15) is 36.8 Å². The zero-order valence-electron chi connectivity index (χ0n) is 14.0. The summed E-state index contributed by atoms with van der Waals surface area (Å²) in [7, 11) is 0. The molecule has 1 atom stereocenters. The lowest BCUT2D eigenvalue weighted by molar-refractivity contribution is -0.138. The molecule has 0 bridgehead atoms. The van der Waals surface area contributed by atoms with E-state index in [1.54, 1.807) is 49.4 Å². The van der Waals surface area contributed by atoms with Crippen LogP contribution in [0.5, 0.6) is 0 Å². The molecule has 0 spiro atoms. The van der Waals surface area contributed by atoms with Crippen molar-refractivity contribution in [1.82, 2.24) is 0 Å². The molecule has 1 unspecified atom stereocenters. The maximum absolute atomic E-state index is 13.9. The molecule has 5 heteroatoms. The van der Waals surface area contributed by atoms with Gasteiger partial charge < -0.3 is 10.4 Å². The lowest BCUT2D eigenvalue weighted by Gasteiger charge is -2.17. The Kier molecular flexibility index (Phi) is 4.57. The van der Waals surface area contributed by atoms with E-state index in [4.69, 9.17) is 5.11 Å². The molecule has 25 heavy (non-hydrogen) atoms. The quantitative estimate of drug-likeness (QED) is 0.835. The third-order valence-electron chi connectivity index (χ3n) is 4.84. The molecule has 1 saturated carbocycles. The van der Waals surface area contributed by atoms with Crippen molar-refractivity contribution in [3.63, 3.8) is 0 Å². The molecule has 1 fully saturated rings. The van der Waals surface area contributed by atoms with Crippen molar-refractivity contribution in [1.29, 1.82) is 0 Å². The molecule has 0 aromatic heterocycles. The van der Waals surface area contributed by atoms with Crippen molar-refractivity contribution in [3.05, 3.63) is 65.5 Å². The van der Waals surface area contributed by atoms with Gasteiger partial charge >= 0.3 is 5.97 Å². The van der Waals surface area contributed by atoms with Gasteiger partial charge in [-0.3, -0.25) is 9.59 Å². The number of rotatable bonds is 6. The smallest absolute Gasteiger partial charge is 0.310 e. The highest BCUT2D eigenvalue weighted by Gasteiger charge is 2.50. The van der Waals surface area contributed by atoms with Crippen LogP contribution in [-0.4, -0.2) is 17.0 Å². The van der Waals surface area contributed by atoms with Crippen molar-refractivity contribution in [2.45, 2.75) is 32.1 Å². The van der Waals surface area contributed by atoms with Crippen LogP contribution < -0.4 is 5.32 Å². The Hall–Kier alpha value is -2.69. The first kappa shape index (κ1) is 17.1. The number of carboxylic acids is 1. The highest BCUT2D eigenvalue weighted by atomic mass is 19.1. The van der Waals surface area contributed by atoms with Gasteiger partial charge in [-0.25, -0.2) is 4.39 Å². The summed E-state index contributed by atoms with van der Waals surface area (Å²) >= 11 is 0. The van der Waals surface area contributed by atoms with Crippen LogP contribution >= 0.6 is 0 Å². The molecule has 130 valence electrons. The van der Waals surface area contributed by atoms with E-state index >= 15 is 0 Å². The zero-order chi connectivity index (χ0) is 18.0. The van der Waals surface area contributed by atoms with Crippen LogP contribution in [0.3, 0.4) is 0 Å². The van der Waals surface area contributed by atoms with E-state index < -0.39 is 17.3 Å². The maximum Gasteiger partial charge on any atom is 0.310 e. The summed E-state index contributed by atoms with van der Waals surface area (Å²) in [6.45, 7) is 1.60. The first-order valence-corrected chi connectivity index (χ1v) is 8.29. The fourth-order valence-corrected chi connectivity index (χ4v) is 2.93. The molecule has 1 aliphatic carbocycles. The van der Waals surface area contributed by atoms with Gasteiger partial charge in [0.1, 0.15) is 5.82 Å². The summed E-state index contributed by atoms with van der Waals surface area (Å²) in [6, 6.07) is 13.4. The largest absolute Gasteiger partial charge is 0.481 e. The maximum atomic E-state index is 13.9. The molecule has 1 aliphatic rings. The number of benzene rings is 2. The number of amides is 1. The van der Waals surface area contributed by atoms with Gasteiger partial charge in [0, 0.05) is 5.69 Å². The number of hydrogen-bond acceptors (Lipinski definition) is 2. The van der Waals surface area contributed by atoms with Crippen molar-refractivity contribution in [2.24, 2.45) is 5.41 Å². The number of nitrogens with one attached hydrogen (secondary N) is 1. The van der Waals surface area contributed by atoms with Gasteiger partial charge in [0.05, 0.1) is 11.3 Å². The van der Waals surface area contributed by atoms with E-state index in [1.807, 2.05) is 0 Å². The number of halogens is 1. The second-order valence-corrected chi connectivity index (χ2v) is 6.69. The normalized spacial score (nSPS) is 16.1. The molecular formula is C20H20FNO3. The standard InChI is InChI=1S/C20H20FNO3/c1-13(18(23)24)14-6-4-7-16(11-14)22-19(25)20(9-10-20)12-15-5-2-3-8-17(15)21/h2-8,11,13H,9-10,12H2,1H3,(H,22,25)(H,23,24). The summed E-state index contributed by atoms with van der Waals surface area (Å²) in [5, 5.41) is 12.0. The minimum absolute atomic E-state index is 0.143. The fourth-order valence-electron chi connectivity index (χ4n) is 2.93. The molecule has 0 saturated heterocycles. The van der Waals surface area contributed by atoms with Crippen LogP contribution in [-0.2, 0) is 16.0 Å². The Bertz CT molecular complexity index is 814. The van der Waals surface area contributed by atoms with Crippen LogP contribution in [0, 0.1) is 11.2 Å². The van der Waals surface area contributed by atoms with Crippen molar-refractivity contribution >= 4 is 17.6 Å². The van der Waals surface area contributed by atoms with Gasteiger partial charge in [-0.15, -0.1) is 0 Å². The Morgan fingerprint density at radius 3 is 2.56 bits per heavy atom. The first-order chi connectivity index (χ1) is 11.9. The van der Waals surface area contributed by atoms with Gasteiger partial charge in [-0.05, 0) is 55.5 Å². The molecule has 1 amide bonds. The molecule has 3 rings (SSSR count). The number of carboxylic acid groups (broad SMARTS) is 1. The molecule has 0 heterocycles. The van der Waals surface area contributed by atoms with Gasteiger partial charge in [0.2, 0.25) is 5.91 Å². The Morgan fingerprint density at radius 1 is 1.20 bits per heavy atom. The van der Waals surface area contributed by atoms with Crippen molar-refractivity contribution < 1.29 is 19.1 Å². The monoisotopic (exact) mass is 341 g/mol. The number of aliphatic carboxylic acids is 1. The molecular weight excluding hydrogens is 321 g/mol. The number of carbonyl (C=O) groups is 2. The van der Waals surface area contributed by atoms with E-state index in [2.05, 4.69) is 5.32 Å². The average molecular weight is 341 g/mol. The lowest BCUT2D eigenvalue weighted by atomic mass is 9.95. The first-order valence-electron chi connectivity index (χ1n) is 8.29. The van der Waals surface area contributed by atoms with Gasteiger partial charge in [-0.2, -0.15) is 0 Å². The SMILES string of the molecule is CC(C(=O)O)c1cccc(NC(=O)C2(Cc3ccccc3F)CC2)c1. The molecule has 2 aromatic rings. The Balaban J connectivity index is 1.73. The fraction of sp³-hybridized carbons (Fsp3) is 0.300. The van der Waals surface area contributed by atoms with Crippen molar-refractivity contribution in [2.75, 3.05) is 5.32 Å².